The van der Waals surface area contributed by atoms with Crippen molar-refractivity contribution in [2.45, 2.75) is 0 Å². The van der Waals surface area contributed by atoms with Crippen molar-refractivity contribution in [2.24, 2.45) is 0 Å². The molecule has 0 radical (unpaired) electrons. The molecule has 2 N–H and O–H groups in total. The normalized spacial score (nSPS) is 2.40. The van der Waals surface area contributed by atoms with Crippen LogP contribution in [0.5, 0.6) is 0 Å². The fraction of sp³-hybridized carbons (Fsp3) is 0. The van der Waals surface area contributed by atoms with E-state index < -0.39 is 9.65 Å². The molecule has 0 bridgehead atoms. The SMILES string of the molecule is O=[Si-]O.[Ca+2].[OH-]. The summed E-state index contributed by atoms with van der Waals surface area (Å²) in [4.78, 5) is 7.04. The minimum absolute atomic E-state index is 0. The summed E-state index contributed by atoms with van der Waals surface area (Å²) in [5, 5.41) is 0. The van der Waals surface area contributed by atoms with Gasteiger partial charge >= 0.3 is 37.7 Å². The van der Waals surface area contributed by atoms with Crippen LogP contribution in [0.25, 0.3) is 0 Å². The number of rotatable bonds is 0. The van der Waals surface area contributed by atoms with Crippen LogP contribution in [0.4, 0.5) is 0 Å². The van der Waals surface area contributed by atoms with Crippen molar-refractivity contribution in [3.05, 3.63) is 0 Å². The van der Waals surface area contributed by atoms with E-state index in [1.54, 1.807) is 0 Å². The minimum Gasteiger partial charge on any atom is -0.870 e. The quantitative estimate of drug-likeness (QED) is 0.389. The van der Waals surface area contributed by atoms with E-state index in [0.29, 0.717) is 0 Å². The van der Waals surface area contributed by atoms with E-state index in [1.807, 2.05) is 0 Å². The topological polar surface area (TPSA) is 67.3 Å². The van der Waals surface area contributed by atoms with Crippen molar-refractivity contribution >= 4 is 47.4 Å². The summed E-state index contributed by atoms with van der Waals surface area (Å²) in [6.45, 7) is 0. The molecule has 5 heteroatoms. The maximum absolute atomic E-state index is 8.51. The van der Waals surface area contributed by atoms with Crippen molar-refractivity contribution in [3.63, 3.8) is 0 Å². The van der Waals surface area contributed by atoms with E-state index in [1.165, 1.54) is 0 Å². The Kier molecular flexibility index (Phi) is 65.7. The minimum atomic E-state index is -1.17. The average molecular weight is 118 g/mol. The molecule has 0 amide bonds. The average Bonchev–Trinajstić information content (AvgIpc) is 0.918. The summed E-state index contributed by atoms with van der Waals surface area (Å²) in [7, 11) is -1.17. The molecule has 3 nitrogen and oxygen atoms in total. The molecule has 0 unspecified atom stereocenters. The van der Waals surface area contributed by atoms with Gasteiger partial charge in [0, 0.05) is 0 Å². The molecule has 0 heterocycles. The van der Waals surface area contributed by atoms with Gasteiger partial charge in [-0.3, -0.25) is 0 Å². The first kappa shape index (κ1) is 16.6. The zero-order chi connectivity index (χ0) is 2.71. The third kappa shape index (κ3) is 43.2. The first-order valence-electron chi connectivity index (χ1n) is 0.428. The molecule has 26 valence electrons. The largest absolute Gasteiger partial charge is 2.00 e. The molecule has 0 aromatic carbocycles. The zero-order valence-electron chi connectivity index (χ0n) is 2.51. The Morgan fingerprint density at radius 3 is 1.60 bits per heavy atom. The Hall–Kier alpha value is 1.04. The van der Waals surface area contributed by atoms with Gasteiger partial charge in [-0.2, -0.15) is 0 Å². The first-order chi connectivity index (χ1) is 1.41. The van der Waals surface area contributed by atoms with E-state index in [0.717, 1.165) is 0 Å². The van der Waals surface area contributed by atoms with Crippen LogP contribution in [-0.2, 0) is 4.46 Å². The monoisotopic (exact) mass is 118 g/mol. The molecule has 0 saturated carbocycles. The van der Waals surface area contributed by atoms with Gasteiger partial charge in [0.05, 0.1) is 9.65 Å². The molecule has 0 atom stereocenters. The molecule has 0 aliphatic carbocycles. The van der Waals surface area contributed by atoms with Crippen LogP contribution in [-0.4, -0.2) is 57.7 Å². The second-order valence-corrected chi connectivity index (χ2v) is 0.274. The molecule has 0 aromatic rings. The predicted octanol–water partition coefficient (Wildman–Crippen LogP) is -1.61. The zero-order valence-corrected chi connectivity index (χ0v) is 5.72. The molecule has 0 aliphatic heterocycles. The maximum atomic E-state index is 8.51. The van der Waals surface area contributed by atoms with Gasteiger partial charge in [-0.1, -0.05) is 0 Å². The van der Waals surface area contributed by atoms with Crippen LogP contribution in [0.3, 0.4) is 0 Å². The van der Waals surface area contributed by atoms with Crippen molar-refractivity contribution < 1.29 is 14.7 Å². The van der Waals surface area contributed by atoms with Crippen LogP contribution < -0.4 is 0 Å². The molecule has 0 aliphatic rings. The Bertz CT molecular complexity index is 14.4. The Morgan fingerprint density at radius 2 is 1.60 bits per heavy atom. The van der Waals surface area contributed by atoms with E-state index in [9.17, 15) is 0 Å². The summed E-state index contributed by atoms with van der Waals surface area (Å²) in [5.41, 5.74) is 0. The molecular formula is H2CaO3Si. The molecule has 0 aromatic heterocycles. The Labute approximate surface area is 61.7 Å². The fourth-order valence-corrected chi connectivity index (χ4v) is 0. The van der Waals surface area contributed by atoms with E-state index >= 15 is 0 Å². The molecule has 0 rings (SSSR count). The van der Waals surface area contributed by atoms with E-state index in [2.05, 4.69) is 0 Å². The van der Waals surface area contributed by atoms with Crippen LogP contribution in [0.2, 0.25) is 0 Å². The van der Waals surface area contributed by atoms with Crippen molar-refractivity contribution in [2.75, 3.05) is 0 Å². The number of hydrogen-bond donors (Lipinski definition) is 1. The second kappa shape index (κ2) is 19.8. The standard InChI is InChI=1S/Ca.HO2Si.H2O/c;1-3-2;/h;1H;1H2/q+2;-1;/p-1. The molecule has 0 fully saturated rings. The number of hydrogen-bond acceptors (Lipinski definition) is 2. The Morgan fingerprint density at radius 1 is 1.60 bits per heavy atom. The molecule has 0 saturated heterocycles. The van der Waals surface area contributed by atoms with Crippen LogP contribution in [0, 0.1) is 0 Å². The van der Waals surface area contributed by atoms with Crippen LogP contribution >= 0.6 is 0 Å². The third-order valence-corrected chi connectivity index (χ3v) is 0. The smallest absolute Gasteiger partial charge is 0.870 e. The van der Waals surface area contributed by atoms with Gasteiger partial charge in [0.2, 0.25) is 0 Å². The summed E-state index contributed by atoms with van der Waals surface area (Å²) >= 11 is 0. The van der Waals surface area contributed by atoms with Gasteiger partial charge in [-0.25, -0.2) is 0 Å². The van der Waals surface area contributed by atoms with E-state index in [-0.39, 0.29) is 43.2 Å². The van der Waals surface area contributed by atoms with Gasteiger partial charge in [0.25, 0.3) is 0 Å². The van der Waals surface area contributed by atoms with Gasteiger partial charge in [0.15, 0.2) is 0 Å². The summed E-state index contributed by atoms with van der Waals surface area (Å²) in [6, 6.07) is 0. The second-order valence-electron chi connectivity index (χ2n) is 0.0913. The van der Waals surface area contributed by atoms with Gasteiger partial charge in [-0.05, 0) is 0 Å². The van der Waals surface area contributed by atoms with Gasteiger partial charge < -0.3 is 14.7 Å². The summed E-state index contributed by atoms with van der Waals surface area (Å²) in [6.07, 6.45) is 0. The van der Waals surface area contributed by atoms with Gasteiger partial charge in [-0.15, -0.1) is 0 Å². The maximum Gasteiger partial charge on any atom is 2.00 e. The summed E-state index contributed by atoms with van der Waals surface area (Å²) in [5.74, 6) is 0. The van der Waals surface area contributed by atoms with Crippen LogP contribution in [0.1, 0.15) is 0 Å². The van der Waals surface area contributed by atoms with Crippen LogP contribution in [0.15, 0.2) is 0 Å². The van der Waals surface area contributed by atoms with Gasteiger partial charge in [0.1, 0.15) is 0 Å². The first-order valence-corrected chi connectivity index (χ1v) is 1.28. The van der Waals surface area contributed by atoms with Crippen molar-refractivity contribution in [3.8, 4) is 0 Å². The fourth-order valence-electron chi connectivity index (χ4n) is 0. The Balaban J connectivity index is -0.0000000200. The predicted molar refractivity (Wildman–Crippen MR) is 16.3 cm³/mol. The molecule has 0 spiro atoms. The molecule has 5 heavy (non-hydrogen) atoms. The third-order valence-electron chi connectivity index (χ3n) is 0. The van der Waals surface area contributed by atoms with E-state index in [4.69, 9.17) is 9.26 Å². The summed E-state index contributed by atoms with van der Waals surface area (Å²) < 4.78 is 8.51. The van der Waals surface area contributed by atoms with Crippen molar-refractivity contribution in [1.29, 1.82) is 0 Å². The van der Waals surface area contributed by atoms with Crippen molar-refractivity contribution in [1.82, 2.24) is 0 Å². The molecular weight excluding hydrogens is 116 g/mol.